The van der Waals surface area contributed by atoms with Crippen molar-refractivity contribution in [1.82, 2.24) is 14.5 Å². The molecule has 1 fully saturated rings. The third-order valence-corrected chi connectivity index (χ3v) is 5.14. The van der Waals surface area contributed by atoms with Crippen LogP contribution in [0.2, 0.25) is 0 Å². The third kappa shape index (κ3) is 2.16. The molecule has 0 aromatic carbocycles. The fourth-order valence-electron chi connectivity index (χ4n) is 1.77. The predicted molar refractivity (Wildman–Crippen MR) is 63.9 cm³/mol. The van der Waals surface area contributed by atoms with Gasteiger partial charge in [0.25, 0.3) is 0 Å². The minimum absolute atomic E-state index is 0.164. The summed E-state index contributed by atoms with van der Waals surface area (Å²) in [7, 11) is -3.37. The number of hydrogen-bond acceptors (Lipinski definition) is 3. The van der Waals surface area contributed by atoms with E-state index < -0.39 is 10.0 Å². The molecule has 1 heterocycles. The molecule has 0 bridgehead atoms. The summed E-state index contributed by atoms with van der Waals surface area (Å²) in [6.07, 6.45) is 5.82. The van der Waals surface area contributed by atoms with Gasteiger partial charge in [-0.3, -0.25) is 5.10 Å². The maximum Gasteiger partial charge on any atom is 0.246 e. The topological polar surface area (TPSA) is 66.1 Å². The molecular formula is C9H14BrN3O2S. The average molecular weight is 308 g/mol. The van der Waals surface area contributed by atoms with E-state index in [-0.39, 0.29) is 10.9 Å². The van der Waals surface area contributed by atoms with Gasteiger partial charge < -0.3 is 0 Å². The van der Waals surface area contributed by atoms with Crippen molar-refractivity contribution in [2.24, 2.45) is 0 Å². The number of H-pyrrole nitrogens is 1. The number of nitrogens with zero attached hydrogens (tertiary/aromatic N) is 2. The van der Waals surface area contributed by atoms with Crippen LogP contribution in [0, 0.1) is 0 Å². The molecule has 90 valence electrons. The number of nitrogens with one attached hydrogen (secondary N) is 1. The minimum Gasteiger partial charge on any atom is -0.284 e. The number of aromatic amines is 1. The molecule has 0 radical (unpaired) electrons. The molecule has 1 aliphatic rings. The van der Waals surface area contributed by atoms with Gasteiger partial charge in [0.2, 0.25) is 10.0 Å². The lowest BCUT2D eigenvalue weighted by Gasteiger charge is -2.35. The summed E-state index contributed by atoms with van der Waals surface area (Å²) in [6.45, 7) is 0.512. The molecule has 0 spiro atoms. The first kappa shape index (κ1) is 12.1. The van der Waals surface area contributed by atoms with Gasteiger partial charge in [-0.05, 0) is 12.8 Å². The second kappa shape index (κ2) is 4.85. The SMILES string of the molecule is O=S(=O)(c1cn[nH]c1)N(CCBr)C1CCC1. The molecule has 0 amide bonds. The summed E-state index contributed by atoms with van der Waals surface area (Å²) in [5.41, 5.74) is 0. The Hall–Kier alpha value is -0.400. The first-order valence-electron chi connectivity index (χ1n) is 5.23. The highest BCUT2D eigenvalue weighted by Crippen LogP contribution is 2.29. The van der Waals surface area contributed by atoms with Crippen LogP contribution in [0.4, 0.5) is 0 Å². The molecular weight excluding hydrogens is 294 g/mol. The molecule has 16 heavy (non-hydrogen) atoms. The number of aromatic nitrogens is 2. The van der Waals surface area contributed by atoms with E-state index >= 15 is 0 Å². The number of hydrogen-bond donors (Lipinski definition) is 1. The van der Waals surface area contributed by atoms with Crippen molar-refractivity contribution in [3.05, 3.63) is 12.4 Å². The van der Waals surface area contributed by atoms with Crippen molar-refractivity contribution < 1.29 is 8.42 Å². The number of alkyl halides is 1. The van der Waals surface area contributed by atoms with E-state index in [4.69, 9.17) is 0 Å². The van der Waals surface area contributed by atoms with Crippen molar-refractivity contribution in [1.29, 1.82) is 0 Å². The molecule has 7 heteroatoms. The predicted octanol–water partition coefficient (Wildman–Crippen LogP) is 1.35. The van der Waals surface area contributed by atoms with E-state index in [0.29, 0.717) is 11.9 Å². The van der Waals surface area contributed by atoms with Crippen LogP contribution < -0.4 is 0 Å². The van der Waals surface area contributed by atoms with E-state index in [1.54, 1.807) is 4.31 Å². The van der Waals surface area contributed by atoms with Gasteiger partial charge in [0.1, 0.15) is 4.90 Å². The smallest absolute Gasteiger partial charge is 0.246 e. The molecule has 2 rings (SSSR count). The van der Waals surface area contributed by atoms with Gasteiger partial charge in [0, 0.05) is 24.1 Å². The summed E-state index contributed by atoms with van der Waals surface area (Å²) >= 11 is 3.30. The van der Waals surface area contributed by atoms with Crippen LogP contribution in [0.25, 0.3) is 0 Å². The lowest BCUT2D eigenvalue weighted by molar-refractivity contribution is 0.228. The van der Waals surface area contributed by atoms with E-state index in [9.17, 15) is 8.42 Å². The standard InChI is InChI=1S/C9H14BrN3O2S/c10-4-5-13(8-2-1-3-8)16(14,15)9-6-11-12-7-9/h6-8H,1-5H2,(H,11,12). The Balaban J connectivity index is 2.24. The Labute approximate surface area is 103 Å². The van der Waals surface area contributed by atoms with E-state index in [0.717, 1.165) is 19.3 Å². The van der Waals surface area contributed by atoms with Crippen LogP contribution in [0.5, 0.6) is 0 Å². The van der Waals surface area contributed by atoms with Crippen molar-refractivity contribution in [2.45, 2.75) is 30.2 Å². The molecule has 1 aromatic heterocycles. The maximum absolute atomic E-state index is 12.3. The number of rotatable bonds is 5. The van der Waals surface area contributed by atoms with Gasteiger partial charge in [-0.25, -0.2) is 8.42 Å². The Morgan fingerprint density at radius 1 is 1.56 bits per heavy atom. The quantitative estimate of drug-likeness (QED) is 0.835. The zero-order valence-corrected chi connectivity index (χ0v) is 11.2. The van der Waals surface area contributed by atoms with Crippen LogP contribution in [0.15, 0.2) is 17.3 Å². The van der Waals surface area contributed by atoms with Crippen LogP contribution in [0.3, 0.4) is 0 Å². The number of sulfonamides is 1. The van der Waals surface area contributed by atoms with Gasteiger partial charge in [-0.15, -0.1) is 0 Å². The molecule has 5 nitrogen and oxygen atoms in total. The molecule has 0 unspecified atom stereocenters. The highest BCUT2D eigenvalue weighted by atomic mass is 79.9. The molecule has 1 aromatic rings. The Kier molecular flexibility index (Phi) is 3.66. The van der Waals surface area contributed by atoms with Crippen LogP contribution in [-0.4, -0.2) is 40.8 Å². The normalized spacial score (nSPS) is 17.6. The van der Waals surface area contributed by atoms with E-state index in [1.807, 2.05) is 0 Å². The lowest BCUT2D eigenvalue weighted by atomic mass is 9.93. The van der Waals surface area contributed by atoms with E-state index in [2.05, 4.69) is 26.1 Å². The van der Waals surface area contributed by atoms with Gasteiger partial charge in [-0.1, -0.05) is 22.4 Å². The minimum atomic E-state index is -3.37. The van der Waals surface area contributed by atoms with Gasteiger partial charge in [0.05, 0.1) is 6.20 Å². The molecule has 1 aliphatic carbocycles. The van der Waals surface area contributed by atoms with Crippen molar-refractivity contribution in [3.63, 3.8) is 0 Å². The van der Waals surface area contributed by atoms with Crippen LogP contribution in [-0.2, 0) is 10.0 Å². The van der Waals surface area contributed by atoms with Crippen molar-refractivity contribution in [2.75, 3.05) is 11.9 Å². The third-order valence-electron chi connectivity index (χ3n) is 2.87. The zero-order valence-electron chi connectivity index (χ0n) is 8.76. The van der Waals surface area contributed by atoms with E-state index in [1.165, 1.54) is 12.4 Å². The second-order valence-corrected chi connectivity index (χ2v) is 6.51. The monoisotopic (exact) mass is 307 g/mol. The Morgan fingerprint density at radius 3 is 2.75 bits per heavy atom. The molecule has 0 saturated heterocycles. The molecule has 0 atom stereocenters. The van der Waals surface area contributed by atoms with Gasteiger partial charge >= 0.3 is 0 Å². The number of halogens is 1. The summed E-state index contributed by atoms with van der Waals surface area (Å²) in [6, 6.07) is 0.164. The molecule has 0 aliphatic heterocycles. The lowest BCUT2D eigenvalue weighted by Crippen LogP contribution is -2.44. The Bertz CT molecular complexity index is 428. The fourth-order valence-corrected chi connectivity index (χ4v) is 3.98. The highest BCUT2D eigenvalue weighted by Gasteiger charge is 2.34. The Morgan fingerprint density at radius 2 is 2.31 bits per heavy atom. The first-order chi connectivity index (χ1) is 7.66. The average Bonchev–Trinajstić information content (AvgIpc) is 2.67. The second-order valence-electron chi connectivity index (χ2n) is 3.82. The fraction of sp³-hybridized carbons (Fsp3) is 0.667. The molecule has 1 saturated carbocycles. The largest absolute Gasteiger partial charge is 0.284 e. The summed E-state index contributed by atoms with van der Waals surface area (Å²) in [5, 5.41) is 6.89. The van der Waals surface area contributed by atoms with Crippen LogP contribution in [0.1, 0.15) is 19.3 Å². The zero-order chi connectivity index (χ0) is 11.6. The van der Waals surface area contributed by atoms with Crippen molar-refractivity contribution >= 4 is 26.0 Å². The maximum atomic E-state index is 12.3. The highest BCUT2D eigenvalue weighted by molar-refractivity contribution is 9.09. The first-order valence-corrected chi connectivity index (χ1v) is 7.79. The van der Waals surface area contributed by atoms with Gasteiger partial charge in [-0.2, -0.15) is 9.40 Å². The summed E-state index contributed by atoms with van der Waals surface area (Å²) in [4.78, 5) is 0.250. The van der Waals surface area contributed by atoms with Crippen LogP contribution >= 0.6 is 15.9 Å². The summed E-state index contributed by atoms with van der Waals surface area (Å²) in [5.74, 6) is 0. The van der Waals surface area contributed by atoms with Gasteiger partial charge in [0.15, 0.2) is 0 Å². The molecule has 1 N–H and O–H groups in total. The summed E-state index contributed by atoms with van der Waals surface area (Å²) < 4.78 is 26.1. The van der Waals surface area contributed by atoms with Crippen molar-refractivity contribution in [3.8, 4) is 0 Å².